The Morgan fingerprint density at radius 3 is 1.45 bits per heavy atom. The fourth-order valence-corrected chi connectivity index (χ4v) is 4.42. The van der Waals surface area contributed by atoms with E-state index >= 15 is 0 Å². The van der Waals surface area contributed by atoms with Gasteiger partial charge in [-0.15, -0.1) is 0 Å². The van der Waals surface area contributed by atoms with Gasteiger partial charge in [0, 0.05) is 29.6 Å². The molecule has 0 unspecified atom stereocenters. The van der Waals surface area contributed by atoms with Gasteiger partial charge in [0.1, 0.15) is 17.2 Å². The summed E-state index contributed by atoms with van der Waals surface area (Å²) < 4.78 is 5.46. The molecule has 214 valence electrons. The number of hydrogen-bond donors (Lipinski definition) is 2. The van der Waals surface area contributed by atoms with Crippen molar-refractivity contribution in [1.29, 1.82) is 0 Å². The number of rotatable bonds is 7. The number of ether oxygens (including phenoxy) is 1. The average molecular weight is 543 g/mol. The molecule has 0 bridgehead atoms. The topological polar surface area (TPSA) is 74.4 Å². The minimum Gasteiger partial charge on any atom is -0.507 e. The zero-order valence-corrected chi connectivity index (χ0v) is 26.0. The molecule has 0 saturated heterocycles. The van der Waals surface area contributed by atoms with Crippen LogP contribution in [0, 0.1) is 0 Å². The van der Waals surface area contributed by atoms with Crippen LogP contribution in [0.4, 0.5) is 11.4 Å². The fraction of sp³-hybridized carbons (Fsp3) is 0.429. The largest absolute Gasteiger partial charge is 0.507 e. The van der Waals surface area contributed by atoms with E-state index in [1.807, 2.05) is 30.3 Å². The number of benzene rings is 3. The molecule has 0 fully saturated rings. The van der Waals surface area contributed by atoms with Crippen LogP contribution in [-0.4, -0.2) is 29.8 Å². The predicted octanol–water partition coefficient (Wildman–Crippen LogP) is 9.45. The quantitative estimate of drug-likeness (QED) is 0.292. The number of nitrogens with zero attached hydrogens (tertiary/aromatic N) is 2. The molecular formula is C35H46N2O3. The predicted molar refractivity (Wildman–Crippen MR) is 169 cm³/mol. The zero-order valence-electron chi connectivity index (χ0n) is 26.0. The second kappa shape index (κ2) is 11.9. The van der Waals surface area contributed by atoms with Crippen molar-refractivity contribution in [3.8, 4) is 17.2 Å². The van der Waals surface area contributed by atoms with E-state index in [0.717, 1.165) is 22.3 Å². The first-order valence-electron chi connectivity index (χ1n) is 14.0. The lowest BCUT2D eigenvalue weighted by Gasteiger charge is -2.23. The maximum absolute atomic E-state index is 11.1. The molecule has 40 heavy (non-hydrogen) atoms. The summed E-state index contributed by atoms with van der Waals surface area (Å²) in [7, 11) is 1.61. The van der Waals surface area contributed by atoms with Crippen molar-refractivity contribution >= 4 is 23.8 Å². The van der Waals surface area contributed by atoms with Gasteiger partial charge in [-0.2, -0.15) is 0 Å². The Balaban J connectivity index is 2.13. The van der Waals surface area contributed by atoms with E-state index in [2.05, 4.69) is 81.4 Å². The number of phenolic OH excluding ortho intramolecular Hbond substituents is 2. The number of aromatic hydroxyl groups is 2. The third kappa shape index (κ3) is 7.12. The van der Waals surface area contributed by atoms with Crippen molar-refractivity contribution < 1.29 is 14.9 Å². The molecule has 0 atom stereocenters. The first-order valence-corrected chi connectivity index (χ1v) is 14.0. The van der Waals surface area contributed by atoms with Crippen LogP contribution < -0.4 is 4.74 Å². The van der Waals surface area contributed by atoms with Crippen molar-refractivity contribution in [3.05, 3.63) is 75.8 Å². The van der Waals surface area contributed by atoms with Crippen LogP contribution in [0.2, 0.25) is 0 Å². The van der Waals surface area contributed by atoms with E-state index in [9.17, 15) is 10.2 Å². The van der Waals surface area contributed by atoms with Gasteiger partial charge in [-0.25, -0.2) is 0 Å². The molecule has 0 radical (unpaired) electrons. The molecule has 0 saturated carbocycles. The molecular weight excluding hydrogens is 496 g/mol. The van der Waals surface area contributed by atoms with Crippen LogP contribution in [0.25, 0.3) is 0 Å². The van der Waals surface area contributed by atoms with Crippen molar-refractivity contribution in [2.75, 3.05) is 7.11 Å². The molecule has 0 amide bonds. The standard InChI is InChI=1S/C35H46N2O3/c1-21(2)28-16-25(34(5,6)7)14-23(32(28)38)19-36-30-13-12-27(40-11)18-31(30)37-20-24-15-26(35(8,9)10)17-29(22(3)4)33(24)39/h12-22,38-39H,1-11H3. The summed E-state index contributed by atoms with van der Waals surface area (Å²) in [5, 5.41) is 22.1. The van der Waals surface area contributed by atoms with Crippen LogP contribution in [0.5, 0.6) is 17.2 Å². The van der Waals surface area contributed by atoms with Crippen molar-refractivity contribution in [3.63, 3.8) is 0 Å². The molecule has 0 heterocycles. The van der Waals surface area contributed by atoms with E-state index in [1.54, 1.807) is 19.5 Å². The van der Waals surface area contributed by atoms with Crippen LogP contribution in [0.1, 0.15) is 114 Å². The molecule has 5 heteroatoms. The van der Waals surface area contributed by atoms with E-state index in [4.69, 9.17) is 14.7 Å². The van der Waals surface area contributed by atoms with Crippen LogP contribution in [0.3, 0.4) is 0 Å². The Morgan fingerprint density at radius 2 is 1.07 bits per heavy atom. The molecule has 0 aromatic heterocycles. The number of aliphatic imine (C=N–C) groups is 2. The Labute approximate surface area is 240 Å². The Morgan fingerprint density at radius 1 is 0.650 bits per heavy atom. The summed E-state index contributed by atoms with van der Waals surface area (Å²) in [5.74, 6) is 1.48. The lowest BCUT2D eigenvalue weighted by atomic mass is 9.83. The van der Waals surface area contributed by atoms with Gasteiger partial charge in [-0.05, 0) is 69.2 Å². The number of methoxy groups -OCH3 is 1. The summed E-state index contributed by atoms with van der Waals surface area (Å²) in [6.45, 7) is 21.3. The molecule has 5 nitrogen and oxygen atoms in total. The van der Waals surface area contributed by atoms with E-state index in [0.29, 0.717) is 28.3 Å². The Kier molecular flexibility index (Phi) is 9.18. The van der Waals surface area contributed by atoms with Gasteiger partial charge in [0.15, 0.2) is 0 Å². The average Bonchev–Trinajstić information content (AvgIpc) is 2.85. The third-order valence-electron chi connectivity index (χ3n) is 7.18. The molecule has 0 aliphatic heterocycles. The summed E-state index contributed by atoms with van der Waals surface area (Å²) >= 11 is 0. The normalized spacial score (nSPS) is 12.8. The third-order valence-corrected chi connectivity index (χ3v) is 7.18. The summed E-state index contributed by atoms with van der Waals surface area (Å²) in [6.07, 6.45) is 3.39. The van der Waals surface area contributed by atoms with Gasteiger partial charge in [0.2, 0.25) is 0 Å². The zero-order chi connectivity index (χ0) is 30.0. The molecule has 3 aromatic carbocycles. The summed E-state index contributed by atoms with van der Waals surface area (Å²) in [4.78, 5) is 9.52. The SMILES string of the molecule is COc1ccc(N=Cc2cc(C(C)(C)C)cc(C(C)C)c2O)c(N=Cc2cc(C(C)(C)C)cc(C(C)C)c2O)c1. The molecule has 2 N–H and O–H groups in total. The molecule has 0 spiro atoms. The Bertz CT molecular complexity index is 1420. The van der Waals surface area contributed by atoms with Crippen molar-refractivity contribution in [1.82, 2.24) is 0 Å². The highest BCUT2D eigenvalue weighted by atomic mass is 16.5. The van der Waals surface area contributed by atoms with Crippen LogP contribution in [-0.2, 0) is 10.8 Å². The maximum atomic E-state index is 11.1. The van der Waals surface area contributed by atoms with Gasteiger partial charge < -0.3 is 14.9 Å². The summed E-state index contributed by atoms with van der Waals surface area (Å²) in [6, 6.07) is 13.7. The minimum atomic E-state index is -0.0796. The van der Waals surface area contributed by atoms with E-state index in [-0.39, 0.29) is 34.2 Å². The minimum absolute atomic E-state index is 0.0755. The second-order valence-electron chi connectivity index (χ2n) is 13.2. The van der Waals surface area contributed by atoms with Crippen molar-refractivity contribution in [2.45, 2.75) is 91.9 Å². The van der Waals surface area contributed by atoms with Crippen LogP contribution in [0.15, 0.2) is 52.4 Å². The highest BCUT2D eigenvalue weighted by molar-refractivity contribution is 5.90. The first kappa shape index (κ1) is 30.9. The maximum Gasteiger partial charge on any atom is 0.127 e. The smallest absolute Gasteiger partial charge is 0.127 e. The Hall–Kier alpha value is -3.60. The van der Waals surface area contributed by atoms with E-state index < -0.39 is 0 Å². The van der Waals surface area contributed by atoms with Crippen molar-refractivity contribution in [2.24, 2.45) is 9.98 Å². The second-order valence-corrected chi connectivity index (χ2v) is 13.2. The summed E-state index contributed by atoms with van der Waals surface area (Å²) in [5.41, 5.74) is 6.46. The fourth-order valence-electron chi connectivity index (χ4n) is 4.42. The van der Waals surface area contributed by atoms with Crippen LogP contribution >= 0.6 is 0 Å². The number of phenols is 2. The lowest BCUT2D eigenvalue weighted by molar-refractivity contribution is 0.415. The molecule has 0 aliphatic carbocycles. The van der Waals surface area contributed by atoms with Gasteiger partial charge in [-0.1, -0.05) is 81.4 Å². The first-order chi connectivity index (χ1) is 18.5. The van der Waals surface area contributed by atoms with Gasteiger partial charge in [0.05, 0.1) is 18.5 Å². The molecule has 3 rings (SSSR count). The highest BCUT2D eigenvalue weighted by Gasteiger charge is 2.21. The van der Waals surface area contributed by atoms with Gasteiger partial charge >= 0.3 is 0 Å². The monoisotopic (exact) mass is 542 g/mol. The van der Waals surface area contributed by atoms with Gasteiger partial charge in [0.25, 0.3) is 0 Å². The van der Waals surface area contributed by atoms with Gasteiger partial charge in [-0.3, -0.25) is 9.98 Å². The van der Waals surface area contributed by atoms with E-state index in [1.165, 1.54) is 0 Å². The lowest BCUT2D eigenvalue weighted by Crippen LogP contribution is -2.12. The molecule has 3 aromatic rings. The number of hydrogen-bond acceptors (Lipinski definition) is 5. The molecule has 0 aliphatic rings. The highest BCUT2D eigenvalue weighted by Crippen LogP contribution is 2.38.